The Hall–Kier alpha value is -0.0600. The van der Waals surface area contributed by atoms with Gasteiger partial charge < -0.3 is 4.42 Å². The summed E-state index contributed by atoms with van der Waals surface area (Å²) in [6.07, 6.45) is 11.7. The van der Waals surface area contributed by atoms with Gasteiger partial charge in [0.1, 0.15) is 5.76 Å². The predicted octanol–water partition coefficient (Wildman–Crippen LogP) is 6.40. The van der Waals surface area contributed by atoms with Gasteiger partial charge in [-0.3, -0.25) is 0 Å². The van der Waals surface area contributed by atoms with E-state index in [4.69, 9.17) is 4.42 Å². The molecule has 0 amide bonds. The second kappa shape index (κ2) is 9.06. The fourth-order valence-electron chi connectivity index (χ4n) is 2.97. The molecule has 0 N–H and O–H groups in total. The van der Waals surface area contributed by atoms with Crippen LogP contribution in [0.2, 0.25) is 0 Å². The standard InChI is InChI=1S/C17H30INO/c1-5-7-9-10-11-13-17(4,12-8-6-2)15-14(3)20-16(18)19-15/h5-13H2,1-4H3. The van der Waals surface area contributed by atoms with Gasteiger partial charge in [0, 0.05) is 28.0 Å². The summed E-state index contributed by atoms with van der Waals surface area (Å²) in [5, 5.41) is 0. The van der Waals surface area contributed by atoms with E-state index in [0.717, 1.165) is 9.66 Å². The molecule has 1 atom stereocenters. The van der Waals surface area contributed by atoms with Gasteiger partial charge in [0.25, 0.3) is 3.90 Å². The first-order chi connectivity index (χ1) is 9.53. The molecule has 3 heteroatoms. The summed E-state index contributed by atoms with van der Waals surface area (Å²) in [5.74, 6) is 1.02. The molecule has 20 heavy (non-hydrogen) atoms. The first-order valence-corrected chi connectivity index (χ1v) is 9.24. The van der Waals surface area contributed by atoms with E-state index in [9.17, 15) is 0 Å². The van der Waals surface area contributed by atoms with Gasteiger partial charge in [-0.2, -0.15) is 0 Å². The average molecular weight is 391 g/mol. The van der Waals surface area contributed by atoms with Crippen molar-refractivity contribution in [1.82, 2.24) is 4.98 Å². The van der Waals surface area contributed by atoms with Crippen LogP contribution in [-0.2, 0) is 5.41 Å². The smallest absolute Gasteiger partial charge is 0.257 e. The van der Waals surface area contributed by atoms with Crippen LogP contribution in [0.25, 0.3) is 0 Å². The second-order valence-electron chi connectivity index (χ2n) is 6.20. The highest BCUT2D eigenvalue weighted by Gasteiger charge is 2.31. The molecule has 116 valence electrons. The summed E-state index contributed by atoms with van der Waals surface area (Å²) in [7, 11) is 0. The van der Waals surface area contributed by atoms with Crippen LogP contribution in [0, 0.1) is 10.8 Å². The lowest BCUT2D eigenvalue weighted by Gasteiger charge is -2.28. The van der Waals surface area contributed by atoms with Crippen LogP contribution in [0.3, 0.4) is 0 Å². The minimum absolute atomic E-state index is 0.194. The lowest BCUT2D eigenvalue weighted by Crippen LogP contribution is -2.23. The van der Waals surface area contributed by atoms with Crippen LogP contribution in [0.1, 0.15) is 90.0 Å². The molecule has 0 bridgehead atoms. The molecule has 1 heterocycles. The molecule has 0 spiro atoms. The molecule has 1 rings (SSSR count). The largest absolute Gasteiger partial charge is 0.437 e. The molecule has 0 aliphatic rings. The summed E-state index contributed by atoms with van der Waals surface area (Å²) >= 11 is 2.18. The number of nitrogens with zero attached hydrogens (tertiary/aromatic N) is 1. The van der Waals surface area contributed by atoms with E-state index in [-0.39, 0.29) is 5.41 Å². The van der Waals surface area contributed by atoms with Crippen molar-refractivity contribution in [2.75, 3.05) is 0 Å². The van der Waals surface area contributed by atoms with Crippen LogP contribution in [-0.4, -0.2) is 4.98 Å². The van der Waals surface area contributed by atoms with Crippen molar-refractivity contribution in [3.05, 3.63) is 15.4 Å². The van der Waals surface area contributed by atoms with E-state index in [0.29, 0.717) is 0 Å². The number of halogens is 1. The number of unbranched alkanes of at least 4 members (excludes halogenated alkanes) is 5. The third-order valence-electron chi connectivity index (χ3n) is 4.26. The molecular formula is C17H30INO. The first-order valence-electron chi connectivity index (χ1n) is 8.17. The highest BCUT2D eigenvalue weighted by Crippen LogP contribution is 2.36. The maximum Gasteiger partial charge on any atom is 0.257 e. The van der Waals surface area contributed by atoms with Gasteiger partial charge in [-0.1, -0.05) is 65.7 Å². The van der Waals surface area contributed by atoms with Crippen LogP contribution < -0.4 is 0 Å². The lowest BCUT2D eigenvalue weighted by atomic mass is 9.76. The average Bonchev–Trinajstić information content (AvgIpc) is 2.76. The zero-order chi connectivity index (χ0) is 15.0. The Morgan fingerprint density at radius 1 is 1.00 bits per heavy atom. The molecular weight excluding hydrogens is 361 g/mol. The zero-order valence-corrected chi connectivity index (χ0v) is 15.8. The molecule has 2 nitrogen and oxygen atoms in total. The summed E-state index contributed by atoms with van der Waals surface area (Å²) in [6, 6.07) is 0. The van der Waals surface area contributed by atoms with E-state index < -0.39 is 0 Å². The van der Waals surface area contributed by atoms with E-state index in [1.165, 1.54) is 63.5 Å². The molecule has 1 unspecified atom stereocenters. The van der Waals surface area contributed by atoms with E-state index >= 15 is 0 Å². The molecule has 0 radical (unpaired) electrons. The molecule has 1 aromatic rings. The molecule has 0 aromatic carbocycles. The number of oxazole rings is 1. The van der Waals surface area contributed by atoms with Gasteiger partial charge in [0.15, 0.2) is 0 Å². The van der Waals surface area contributed by atoms with Crippen molar-refractivity contribution < 1.29 is 4.42 Å². The molecule has 0 aliphatic carbocycles. The predicted molar refractivity (Wildman–Crippen MR) is 94.2 cm³/mol. The highest BCUT2D eigenvalue weighted by atomic mass is 127. The van der Waals surface area contributed by atoms with Gasteiger partial charge in [-0.25, -0.2) is 4.98 Å². The minimum atomic E-state index is 0.194. The molecule has 0 fully saturated rings. The molecule has 0 saturated carbocycles. The Labute approximate surface area is 138 Å². The minimum Gasteiger partial charge on any atom is -0.437 e. The van der Waals surface area contributed by atoms with Crippen molar-refractivity contribution in [2.45, 2.75) is 90.9 Å². The zero-order valence-electron chi connectivity index (χ0n) is 13.6. The van der Waals surface area contributed by atoms with Crippen LogP contribution >= 0.6 is 22.6 Å². The number of rotatable bonds is 10. The second-order valence-corrected chi connectivity index (χ2v) is 7.12. The van der Waals surface area contributed by atoms with Crippen LogP contribution in [0.15, 0.2) is 4.42 Å². The third-order valence-corrected chi connectivity index (χ3v) is 4.72. The van der Waals surface area contributed by atoms with Gasteiger partial charge in [-0.05, 0) is 19.8 Å². The summed E-state index contributed by atoms with van der Waals surface area (Å²) in [6.45, 7) is 8.97. The van der Waals surface area contributed by atoms with Gasteiger partial charge >= 0.3 is 0 Å². The number of aryl methyl sites for hydroxylation is 1. The fourth-order valence-corrected chi connectivity index (χ4v) is 3.54. The van der Waals surface area contributed by atoms with Crippen molar-refractivity contribution in [3.63, 3.8) is 0 Å². The molecule has 0 saturated heterocycles. The number of hydrogen-bond acceptors (Lipinski definition) is 2. The highest BCUT2D eigenvalue weighted by molar-refractivity contribution is 14.1. The SMILES string of the molecule is CCCCCCCC(C)(CCCC)c1nc(I)oc1C. The Bertz CT molecular complexity index is 388. The van der Waals surface area contributed by atoms with E-state index in [1.54, 1.807) is 0 Å². The Morgan fingerprint density at radius 2 is 1.60 bits per heavy atom. The first kappa shape index (κ1) is 18.0. The Kier molecular flexibility index (Phi) is 8.15. The van der Waals surface area contributed by atoms with Crippen molar-refractivity contribution in [1.29, 1.82) is 0 Å². The van der Waals surface area contributed by atoms with Crippen molar-refractivity contribution in [2.24, 2.45) is 0 Å². The summed E-state index contributed by atoms with van der Waals surface area (Å²) in [5.41, 5.74) is 1.39. The Balaban J connectivity index is 2.68. The number of hydrogen-bond donors (Lipinski definition) is 0. The quantitative estimate of drug-likeness (QED) is 0.341. The molecule has 1 aromatic heterocycles. The van der Waals surface area contributed by atoms with E-state index in [1.807, 2.05) is 0 Å². The van der Waals surface area contributed by atoms with Crippen LogP contribution in [0.5, 0.6) is 0 Å². The van der Waals surface area contributed by atoms with Crippen molar-refractivity contribution >= 4 is 22.6 Å². The van der Waals surface area contributed by atoms with Gasteiger partial charge in [0.2, 0.25) is 0 Å². The maximum atomic E-state index is 5.66. The van der Waals surface area contributed by atoms with Gasteiger partial charge in [0.05, 0.1) is 5.69 Å². The molecule has 0 aliphatic heterocycles. The van der Waals surface area contributed by atoms with Crippen molar-refractivity contribution in [3.8, 4) is 0 Å². The topological polar surface area (TPSA) is 26.0 Å². The fraction of sp³-hybridized carbons (Fsp3) is 0.824. The van der Waals surface area contributed by atoms with E-state index in [2.05, 4.69) is 55.3 Å². The Morgan fingerprint density at radius 3 is 2.15 bits per heavy atom. The number of aromatic nitrogens is 1. The third kappa shape index (κ3) is 5.38. The summed E-state index contributed by atoms with van der Waals surface area (Å²) < 4.78 is 6.44. The maximum absolute atomic E-state index is 5.66. The normalized spacial score (nSPS) is 14.4. The summed E-state index contributed by atoms with van der Waals surface area (Å²) in [4.78, 5) is 4.67. The van der Waals surface area contributed by atoms with Gasteiger partial charge in [-0.15, -0.1) is 0 Å². The van der Waals surface area contributed by atoms with Crippen LogP contribution in [0.4, 0.5) is 0 Å². The lowest BCUT2D eigenvalue weighted by molar-refractivity contribution is 0.355. The monoisotopic (exact) mass is 391 g/mol.